The first-order valence-electron chi connectivity index (χ1n) is 4.31. The summed E-state index contributed by atoms with van der Waals surface area (Å²) < 4.78 is 25.8. The molecule has 0 amide bonds. The van der Waals surface area contributed by atoms with Crippen LogP contribution in [0.3, 0.4) is 0 Å². The van der Waals surface area contributed by atoms with Gasteiger partial charge in [0.2, 0.25) is 0 Å². The number of rotatable bonds is 2. The van der Waals surface area contributed by atoms with Crippen molar-refractivity contribution in [3.63, 3.8) is 0 Å². The zero-order chi connectivity index (χ0) is 11.7. The van der Waals surface area contributed by atoms with Crippen LogP contribution >= 0.6 is 0 Å². The first-order valence-corrected chi connectivity index (χ1v) is 4.31. The van der Waals surface area contributed by atoms with E-state index in [2.05, 4.69) is 10.2 Å². The summed E-state index contributed by atoms with van der Waals surface area (Å²) in [6, 6.07) is 4.08. The number of nitrogens with zero attached hydrogens (tertiary/aromatic N) is 1. The predicted octanol–water partition coefficient (Wildman–Crippen LogP) is 2.05. The molecule has 0 aliphatic rings. The van der Waals surface area contributed by atoms with Crippen molar-refractivity contribution in [2.75, 3.05) is 0 Å². The Labute approximate surface area is 88.5 Å². The second kappa shape index (κ2) is 3.73. The number of aromatic carboxylic acids is 1. The van der Waals surface area contributed by atoms with Crippen molar-refractivity contribution in [2.24, 2.45) is 0 Å². The number of benzene rings is 1. The number of carboxylic acids is 1. The van der Waals surface area contributed by atoms with Gasteiger partial charge < -0.3 is 5.11 Å². The standard InChI is InChI=1S/C10H6F2N2O2/c11-6-1-5(2-7(12)3-6)8-4-9(10(15)16)14-13-8/h1-4H,(H,13,14)(H,15,16). The fraction of sp³-hybridized carbons (Fsp3) is 0. The van der Waals surface area contributed by atoms with Crippen LogP contribution in [0.5, 0.6) is 0 Å². The molecule has 1 aromatic carbocycles. The third kappa shape index (κ3) is 1.90. The number of hydrogen-bond acceptors (Lipinski definition) is 2. The van der Waals surface area contributed by atoms with Gasteiger partial charge in [-0.1, -0.05) is 0 Å². The van der Waals surface area contributed by atoms with Crippen molar-refractivity contribution < 1.29 is 18.7 Å². The first-order chi connectivity index (χ1) is 7.56. The van der Waals surface area contributed by atoms with E-state index < -0.39 is 17.6 Å². The van der Waals surface area contributed by atoms with Gasteiger partial charge in [0.1, 0.15) is 17.3 Å². The summed E-state index contributed by atoms with van der Waals surface area (Å²) >= 11 is 0. The molecule has 0 saturated carbocycles. The lowest BCUT2D eigenvalue weighted by atomic mass is 10.1. The molecule has 0 unspecified atom stereocenters. The van der Waals surface area contributed by atoms with Gasteiger partial charge in [0.25, 0.3) is 0 Å². The second-order valence-electron chi connectivity index (χ2n) is 3.13. The number of aromatic nitrogens is 2. The second-order valence-corrected chi connectivity index (χ2v) is 3.13. The van der Waals surface area contributed by atoms with Gasteiger partial charge in [0, 0.05) is 11.6 Å². The molecule has 1 heterocycles. The number of carboxylic acid groups (broad SMARTS) is 1. The molecule has 0 bridgehead atoms. The highest BCUT2D eigenvalue weighted by atomic mass is 19.1. The maximum atomic E-state index is 12.9. The SMILES string of the molecule is O=C(O)c1cc(-c2cc(F)cc(F)c2)n[nH]1. The van der Waals surface area contributed by atoms with E-state index in [1.165, 1.54) is 6.07 Å². The molecule has 0 aliphatic carbocycles. The van der Waals surface area contributed by atoms with Crippen LogP contribution in [0.25, 0.3) is 11.3 Å². The number of carbonyl (C=O) groups is 1. The molecular formula is C10H6F2N2O2. The van der Waals surface area contributed by atoms with Gasteiger partial charge >= 0.3 is 5.97 Å². The van der Waals surface area contributed by atoms with Crippen LogP contribution in [0.1, 0.15) is 10.5 Å². The Hall–Kier alpha value is -2.24. The van der Waals surface area contributed by atoms with E-state index in [9.17, 15) is 13.6 Å². The highest BCUT2D eigenvalue weighted by Crippen LogP contribution is 2.20. The van der Waals surface area contributed by atoms with E-state index in [1.807, 2.05) is 0 Å². The van der Waals surface area contributed by atoms with Crippen LogP contribution in [0, 0.1) is 11.6 Å². The average molecular weight is 224 g/mol. The number of aromatic amines is 1. The largest absolute Gasteiger partial charge is 0.477 e. The van der Waals surface area contributed by atoms with E-state index in [4.69, 9.17) is 5.11 Å². The van der Waals surface area contributed by atoms with E-state index in [0.717, 1.165) is 18.2 Å². The zero-order valence-corrected chi connectivity index (χ0v) is 7.87. The molecule has 82 valence electrons. The van der Waals surface area contributed by atoms with Gasteiger partial charge in [-0.15, -0.1) is 0 Å². The Morgan fingerprint density at radius 2 is 1.81 bits per heavy atom. The summed E-state index contributed by atoms with van der Waals surface area (Å²) in [5.41, 5.74) is 0.219. The number of nitrogens with one attached hydrogen (secondary N) is 1. The Bertz CT molecular complexity index is 531. The predicted molar refractivity (Wildman–Crippen MR) is 50.9 cm³/mol. The molecule has 2 rings (SSSR count). The van der Waals surface area contributed by atoms with Crippen molar-refractivity contribution in [1.29, 1.82) is 0 Å². The van der Waals surface area contributed by atoms with Gasteiger partial charge in [-0.2, -0.15) is 5.10 Å². The molecule has 1 aromatic heterocycles. The minimum Gasteiger partial charge on any atom is -0.477 e. The van der Waals surface area contributed by atoms with Gasteiger partial charge in [0.05, 0.1) is 5.69 Å². The van der Waals surface area contributed by atoms with Gasteiger partial charge in [0.15, 0.2) is 0 Å². The van der Waals surface area contributed by atoms with Crippen LogP contribution in [-0.4, -0.2) is 21.3 Å². The molecule has 0 radical (unpaired) electrons. The lowest BCUT2D eigenvalue weighted by Crippen LogP contribution is -1.95. The van der Waals surface area contributed by atoms with E-state index in [1.54, 1.807) is 0 Å². The fourth-order valence-corrected chi connectivity index (χ4v) is 1.28. The van der Waals surface area contributed by atoms with E-state index in [0.29, 0.717) is 0 Å². The molecule has 0 aliphatic heterocycles. The summed E-state index contributed by atoms with van der Waals surface area (Å²) in [7, 11) is 0. The lowest BCUT2D eigenvalue weighted by molar-refractivity contribution is 0.0690. The highest BCUT2D eigenvalue weighted by molar-refractivity contribution is 5.86. The normalized spacial score (nSPS) is 10.4. The van der Waals surface area contributed by atoms with E-state index >= 15 is 0 Å². The third-order valence-corrected chi connectivity index (χ3v) is 1.97. The van der Waals surface area contributed by atoms with E-state index in [-0.39, 0.29) is 17.0 Å². The first kappa shape index (κ1) is 10.3. The van der Waals surface area contributed by atoms with Gasteiger partial charge in [-0.3, -0.25) is 5.10 Å². The quantitative estimate of drug-likeness (QED) is 0.820. The van der Waals surface area contributed by atoms with Crippen molar-refractivity contribution in [1.82, 2.24) is 10.2 Å². The maximum Gasteiger partial charge on any atom is 0.353 e. The Kier molecular flexibility index (Phi) is 2.40. The summed E-state index contributed by atoms with van der Waals surface area (Å²) in [6.07, 6.45) is 0. The van der Waals surface area contributed by atoms with Crippen molar-refractivity contribution in [2.45, 2.75) is 0 Å². The Morgan fingerprint density at radius 1 is 1.19 bits per heavy atom. The molecule has 6 heteroatoms. The molecule has 0 fully saturated rings. The zero-order valence-electron chi connectivity index (χ0n) is 7.87. The molecule has 16 heavy (non-hydrogen) atoms. The topological polar surface area (TPSA) is 66.0 Å². The Morgan fingerprint density at radius 3 is 2.31 bits per heavy atom. The molecular weight excluding hydrogens is 218 g/mol. The van der Waals surface area contributed by atoms with Gasteiger partial charge in [-0.05, 0) is 18.2 Å². The smallest absolute Gasteiger partial charge is 0.353 e. The van der Waals surface area contributed by atoms with Gasteiger partial charge in [-0.25, -0.2) is 13.6 Å². The number of H-pyrrole nitrogens is 1. The number of halogens is 2. The average Bonchev–Trinajstić information content (AvgIpc) is 2.64. The monoisotopic (exact) mass is 224 g/mol. The van der Waals surface area contributed by atoms with Crippen molar-refractivity contribution in [3.05, 3.63) is 41.6 Å². The minimum atomic E-state index is -1.18. The fourth-order valence-electron chi connectivity index (χ4n) is 1.28. The summed E-state index contributed by atoms with van der Waals surface area (Å²) in [4.78, 5) is 10.6. The minimum absolute atomic E-state index is 0.139. The number of hydrogen-bond donors (Lipinski definition) is 2. The van der Waals surface area contributed by atoms with Crippen molar-refractivity contribution in [3.8, 4) is 11.3 Å². The Balaban J connectivity index is 2.46. The summed E-state index contributed by atoms with van der Waals surface area (Å²) in [6.45, 7) is 0. The van der Waals surface area contributed by atoms with Crippen LogP contribution < -0.4 is 0 Å². The summed E-state index contributed by atoms with van der Waals surface area (Å²) in [5.74, 6) is -2.67. The summed E-state index contributed by atoms with van der Waals surface area (Å²) in [5, 5.41) is 14.5. The molecule has 0 saturated heterocycles. The molecule has 2 N–H and O–H groups in total. The maximum absolute atomic E-state index is 12.9. The molecule has 0 atom stereocenters. The highest BCUT2D eigenvalue weighted by Gasteiger charge is 2.10. The third-order valence-electron chi connectivity index (χ3n) is 1.97. The van der Waals surface area contributed by atoms with Crippen molar-refractivity contribution >= 4 is 5.97 Å². The van der Waals surface area contributed by atoms with Crippen LogP contribution in [0.4, 0.5) is 8.78 Å². The van der Waals surface area contributed by atoms with Crippen LogP contribution in [0.2, 0.25) is 0 Å². The van der Waals surface area contributed by atoms with Crippen LogP contribution in [0.15, 0.2) is 24.3 Å². The lowest BCUT2D eigenvalue weighted by Gasteiger charge is -1.96. The van der Waals surface area contributed by atoms with Crippen LogP contribution in [-0.2, 0) is 0 Å². The molecule has 2 aromatic rings. The molecule has 0 spiro atoms. The molecule has 4 nitrogen and oxygen atoms in total.